The van der Waals surface area contributed by atoms with Crippen molar-refractivity contribution in [2.75, 3.05) is 37.3 Å². The van der Waals surface area contributed by atoms with Gasteiger partial charge in [-0.05, 0) is 61.0 Å². The summed E-state index contributed by atoms with van der Waals surface area (Å²) < 4.78 is 19.0. The van der Waals surface area contributed by atoms with Crippen LogP contribution in [0, 0.1) is 12.7 Å². The minimum absolute atomic E-state index is 0.155. The lowest BCUT2D eigenvalue weighted by atomic mass is 10.0. The van der Waals surface area contributed by atoms with E-state index in [9.17, 15) is 9.18 Å². The van der Waals surface area contributed by atoms with Crippen LogP contribution in [0.4, 0.5) is 15.9 Å². The van der Waals surface area contributed by atoms with Gasteiger partial charge in [-0.2, -0.15) is 0 Å². The molecule has 1 aromatic carbocycles. The van der Waals surface area contributed by atoms with Crippen LogP contribution in [0.25, 0.3) is 11.1 Å². The Morgan fingerprint density at radius 2 is 2.03 bits per heavy atom. The third-order valence-electron chi connectivity index (χ3n) is 5.07. The monoisotopic (exact) mass is 421 g/mol. The number of ether oxygens (including phenoxy) is 1. The smallest absolute Gasteiger partial charge is 0.238 e. The number of carbonyl (C=O) groups is 1. The van der Waals surface area contributed by atoms with E-state index >= 15 is 0 Å². The highest BCUT2D eigenvalue weighted by Crippen LogP contribution is 2.27. The molecule has 4 rings (SSSR count). The van der Waals surface area contributed by atoms with E-state index in [0.29, 0.717) is 31.2 Å². The number of halogens is 1. The zero-order valence-corrected chi connectivity index (χ0v) is 17.2. The van der Waals surface area contributed by atoms with Gasteiger partial charge in [0.1, 0.15) is 17.7 Å². The van der Waals surface area contributed by atoms with Crippen LogP contribution in [0.15, 0.2) is 54.7 Å². The maximum absolute atomic E-state index is 13.0. The van der Waals surface area contributed by atoms with Crippen molar-refractivity contribution in [1.82, 2.24) is 14.9 Å². The Labute approximate surface area is 180 Å². The molecule has 1 fully saturated rings. The van der Waals surface area contributed by atoms with E-state index in [1.807, 2.05) is 30.0 Å². The molecule has 1 amide bonds. The van der Waals surface area contributed by atoms with Gasteiger partial charge in [-0.3, -0.25) is 14.7 Å². The van der Waals surface area contributed by atoms with Crippen molar-refractivity contribution >= 4 is 17.4 Å². The van der Waals surface area contributed by atoms with E-state index in [-0.39, 0.29) is 24.4 Å². The number of aryl methyl sites for hydroxylation is 1. The van der Waals surface area contributed by atoms with Crippen molar-refractivity contribution < 1.29 is 13.9 Å². The number of anilines is 2. The Bertz CT molecular complexity index is 1060. The molecule has 1 atom stereocenters. The Hall–Kier alpha value is -3.36. The molecule has 31 heavy (non-hydrogen) atoms. The average Bonchev–Trinajstić information content (AvgIpc) is 2.75. The summed E-state index contributed by atoms with van der Waals surface area (Å²) in [6, 6.07) is 13.4. The van der Waals surface area contributed by atoms with Crippen LogP contribution in [0.1, 0.15) is 17.5 Å². The van der Waals surface area contributed by atoms with Crippen LogP contribution in [0.3, 0.4) is 0 Å². The molecular formula is C23H24FN5O2. The number of nitrogen functional groups attached to an aromatic ring is 1. The van der Waals surface area contributed by atoms with Gasteiger partial charge in [-0.1, -0.05) is 0 Å². The first kappa shape index (κ1) is 20.9. The van der Waals surface area contributed by atoms with Crippen LogP contribution in [-0.2, 0) is 9.53 Å². The molecule has 160 valence electrons. The van der Waals surface area contributed by atoms with Gasteiger partial charge in [-0.15, -0.1) is 0 Å². The fourth-order valence-corrected chi connectivity index (χ4v) is 3.56. The summed E-state index contributed by atoms with van der Waals surface area (Å²) in [4.78, 5) is 23.3. The van der Waals surface area contributed by atoms with Gasteiger partial charge in [0.15, 0.2) is 0 Å². The number of nitrogens with one attached hydrogen (secondary N) is 1. The number of nitrogens with two attached hydrogens (primary N) is 1. The van der Waals surface area contributed by atoms with E-state index in [2.05, 4.69) is 15.3 Å². The number of hydrogen-bond donors (Lipinski definition) is 2. The summed E-state index contributed by atoms with van der Waals surface area (Å²) in [7, 11) is 0. The molecule has 3 heterocycles. The fraction of sp³-hybridized carbons (Fsp3) is 0.261. The van der Waals surface area contributed by atoms with Gasteiger partial charge < -0.3 is 15.8 Å². The highest BCUT2D eigenvalue weighted by Gasteiger charge is 2.25. The van der Waals surface area contributed by atoms with Crippen molar-refractivity contribution in [3.8, 4) is 11.1 Å². The Morgan fingerprint density at radius 1 is 1.23 bits per heavy atom. The summed E-state index contributed by atoms with van der Waals surface area (Å²) >= 11 is 0. The number of nitrogens with zero attached hydrogens (tertiary/aromatic N) is 3. The Morgan fingerprint density at radius 3 is 2.77 bits per heavy atom. The van der Waals surface area contributed by atoms with E-state index in [4.69, 9.17) is 10.5 Å². The van der Waals surface area contributed by atoms with Crippen molar-refractivity contribution in [2.24, 2.45) is 0 Å². The van der Waals surface area contributed by atoms with Gasteiger partial charge in [0, 0.05) is 36.2 Å². The maximum Gasteiger partial charge on any atom is 0.238 e. The number of carbonyl (C=O) groups excluding carboxylic acids is 1. The molecule has 0 radical (unpaired) electrons. The second-order valence-electron chi connectivity index (χ2n) is 7.54. The molecule has 3 aromatic rings. The van der Waals surface area contributed by atoms with Crippen molar-refractivity contribution in [3.05, 3.63) is 71.9 Å². The number of benzene rings is 1. The maximum atomic E-state index is 13.0. The first-order valence-corrected chi connectivity index (χ1v) is 10.1. The van der Waals surface area contributed by atoms with E-state index in [0.717, 1.165) is 22.5 Å². The quantitative estimate of drug-likeness (QED) is 0.657. The lowest BCUT2D eigenvalue weighted by Gasteiger charge is -2.32. The summed E-state index contributed by atoms with van der Waals surface area (Å²) in [6.45, 7) is 3.86. The molecular weight excluding hydrogens is 397 g/mol. The second-order valence-corrected chi connectivity index (χ2v) is 7.54. The van der Waals surface area contributed by atoms with E-state index in [1.54, 1.807) is 24.4 Å². The molecule has 8 heteroatoms. The van der Waals surface area contributed by atoms with Gasteiger partial charge in [0.05, 0.1) is 18.8 Å². The predicted octanol–water partition coefficient (Wildman–Crippen LogP) is 3.19. The molecule has 0 unspecified atom stereocenters. The number of morpholine rings is 1. The van der Waals surface area contributed by atoms with Crippen molar-refractivity contribution in [2.45, 2.75) is 13.0 Å². The summed E-state index contributed by atoms with van der Waals surface area (Å²) in [6.07, 6.45) is 1.49. The van der Waals surface area contributed by atoms with Crippen molar-refractivity contribution in [1.29, 1.82) is 0 Å². The first-order valence-electron chi connectivity index (χ1n) is 10.1. The lowest BCUT2D eigenvalue weighted by Crippen LogP contribution is -2.42. The van der Waals surface area contributed by atoms with Crippen LogP contribution >= 0.6 is 0 Å². The minimum Gasteiger partial charge on any atom is -0.384 e. The van der Waals surface area contributed by atoms with Crippen LogP contribution in [0.5, 0.6) is 0 Å². The molecule has 3 N–H and O–H groups in total. The topological polar surface area (TPSA) is 93.4 Å². The molecule has 0 spiro atoms. The average molecular weight is 421 g/mol. The van der Waals surface area contributed by atoms with Crippen LogP contribution in [0.2, 0.25) is 0 Å². The number of pyridine rings is 2. The molecule has 0 bridgehead atoms. The molecule has 1 aliphatic heterocycles. The minimum atomic E-state index is -0.339. The van der Waals surface area contributed by atoms with Gasteiger partial charge in [-0.25, -0.2) is 9.37 Å². The van der Waals surface area contributed by atoms with Crippen LogP contribution < -0.4 is 11.1 Å². The zero-order valence-electron chi connectivity index (χ0n) is 17.2. The zero-order chi connectivity index (χ0) is 21.8. The Kier molecular flexibility index (Phi) is 6.20. The largest absolute Gasteiger partial charge is 0.384 e. The molecule has 0 aliphatic carbocycles. The highest BCUT2D eigenvalue weighted by molar-refractivity contribution is 5.92. The molecule has 0 saturated carbocycles. The molecule has 1 saturated heterocycles. The van der Waals surface area contributed by atoms with E-state index in [1.165, 1.54) is 12.1 Å². The number of aromatic nitrogens is 2. The normalized spacial score (nSPS) is 16.8. The molecule has 1 aliphatic rings. The molecule has 7 nitrogen and oxygen atoms in total. The van der Waals surface area contributed by atoms with Crippen molar-refractivity contribution in [3.63, 3.8) is 0 Å². The van der Waals surface area contributed by atoms with Crippen LogP contribution in [-0.4, -0.2) is 47.0 Å². The molecule has 2 aromatic heterocycles. The lowest BCUT2D eigenvalue weighted by molar-refractivity contribution is -0.119. The van der Waals surface area contributed by atoms with Gasteiger partial charge in [0.25, 0.3) is 0 Å². The number of hydrogen-bond acceptors (Lipinski definition) is 6. The number of amides is 1. The third-order valence-corrected chi connectivity index (χ3v) is 5.07. The predicted molar refractivity (Wildman–Crippen MR) is 117 cm³/mol. The SMILES string of the molecule is Cc1cc(-c2ccc(N)nc2)cc([C@H]2CN(CC(=O)Nc3ccc(F)cc3)CCO2)n1. The number of rotatable bonds is 5. The third kappa shape index (κ3) is 5.42. The summed E-state index contributed by atoms with van der Waals surface area (Å²) in [5.41, 5.74) is 9.89. The summed E-state index contributed by atoms with van der Waals surface area (Å²) in [5.74, 6) is -0.0215. The highest BCUT2D eigenvalue weighted by atomic mass is 19.1. The Balaban J connectivity index is 1.43. The standard InChI is InChI=1S/C23H24FN5O2/c1-15-10-17(16-2-7-22(25)26-12-16)11-20(27-15)21-13-29(8-9-31-21)14-23(30)28-19-5-3-18(24)4-6-19/h2-7,10-12,21H,8-9,13-14H2,1H3,(H2,25,26)(H,28,30)/t21-/m1/s1. The van der Waals surface area contributed by atoms with Gasteiger partial charge >= 0.3 is 0 Å². The van der Waals surface area contributed by atoms with Gasteiger partial charge in [0.2, 0.25) is 5.91 Å². The summed E-state index contributed by atoms with van der Waals surface area (Å²) in [5, 5.41) is 2.79. The van der Waals surface area contributed by atoms with E-state index < -0.39 is 0 Å². The second kappa shape index (κ2) is 9.20. The first-order chi connectivity index (χ1) is 15.0. The fourth-order valence-electron chi connectivity index (χ4n) is 3.56.